The number of carbonyl (C=O) groups is 2. The zero-order chi connectivity index (χ0) is 23.0. The zero-order valence-corrected chi connectivity index (χ0v) is 19.6. The Bertz CT molecular complexity index is 930. The van der Waals surface area contributed by atoms with Crippen LogP contribution in [0.1, 0.15) is 53.5 Å². The van der Waals surface area contributed by atoms with Gasteiger partial charge in [-0.2, -0.15) is 0 Å². The van der Waals surface area contributed by atoms with Crippen LogP contribution in [0.25, 0.3) is 11.3 Å². The summed E-state index contributed by atoms with van der Waals surface area (Å²) >= 11 is 0. The predicted molar refractivity (Wildman–Crippen MR) is 127 cm³/mol. The number of piperidine rings is 1. The second-order valence-corrected chi connectivity index (χ2v) is 8.81. The zero-order valence-electron chi connectivity index (χ0n) is 19.6. The summed E-state index contributed by atoms with van der Waals surface area (Å²) in [4.78, 5) is 37.0. The third kappa shape index (κ3) is 5.81. The minimum Gasteiger partial charge on any atom is -0.443 e. The lowest BCUT2D eigenvalue weighted by molar-refractivity contribution is 0.0724. The Morgan fingerprint density at radius 2 is 1.73 bits per heavy atom. The van der Waals surface area contributed by atoms with Crippen molar-refractivity contribution < 1.29 is 14.0 Å². The van der Waals surface area contributed by atoms with Gasteiger partial charge >= 0.3 is 0 Å². The quantitative estimate of drug-likeness (QED) is 0.619. The monoisotopic (exact) mass is 453 g/mol. The first kappa shape index (κ1) is 23.4. The van der Waals surface area contributed by atoms with Gasteiger partial charge in [-0.1, -0.05) is 25.1 Å². The van der Waals surface area contributed by atoms with Gasteiger partial charge < -0.3 is 24.4 Å². The molecule has 0 aliphatic carbocycles. The highest BCUT2D eigenvalue weighted by Gasteiger charge is 2.25. The fraction of sp³-hybridized carbons (Fsp3) is 0.560. The summed E-state index contributed by atoms with van der Waals surface area (Å²) < 4.78 is 5.62. The molecule has 0 unspecified atom stereocenters. The molecule has 33 heavy (non-hydrogen) atoms. The van der Waals surface area contributed by atoms with E-state index in [9.17, 15) is 9.59 Å². The van der Waals surface area contributed by atoms with Crippen molar-refractivity contribution in [2.75, 3.05) is 58.9 Å². The molecular weight excluding hydrogens is 418 g/mol. The van der Waals surface area contributed by atoms with Gasteiger partial charge in [-0.15, -0.1) is 0 Å². The molecule has 2 aliphatic rings. The Morgan fingerprint density at radius 1 is 1.00 bits per heavy atom. The van der Waals surface area contributed by atoms with Crippen molar-refractivity contribution in [2.24, 2.45) is 0 Å². The van der Waals surface area contributed by atoms with Crippen LogP contribution < -0.4 is 5.32 Å². The molecule has 0 spiro atoms. The van der Waals surface area contributed by atoms with Crippen LogP contribution in [0, 0.1) is 0 Å². The number of amides is 2. The predicted octanol–water partition coefficient (Wildman–Crippen LogP) is 2.73. The Kier molecular flexibility index (Phi) is 8.12. The summed E-state index contributed by atoms with van der Waals surface area (Å²) in [6.45, 7) is 10.8. The molecule has 2 aliphatic heterocycles. The van der Waals surface area contributed by atoms with Crippen LogP contribution in [0.2, 0.25) is 0 Å². The lowest BCUT2D eigenvalue weighted by atomic mass is 10.0. The highest BCUT2D eigenvalue weighted by molar-refractivity contribution is 6.04. The van der Waals surface area contributed by atoms with Crippen LogP contribution in [0.4, 0.5) is 0 Å². The number of likely N-dealkylation sites (tertiary alicyclic amines) is 1. The molecule has 0 atom stereocenters. The van der Waals surface area contributed by atoms with E-state index in [0.29, 0.717) is 23.4 Å². The van der Waals surface area contributed by atoms with Crippen molar-refractivity contribution >= 4 is 11.8 Å². The number of piperazine rings is 1. The number of hydrogen-bond donors (Lipinski definition) is 1. The number of aromatic nitrogens is 1. The minimum absolute atomic E-state index is 0.0174. The van der Waals surface area contributed by atoms with Crippen molar-refractivity contribution in [3.8, 4) is 11.3 Å². The lowest BCUT2D eigenvalue weighted by Gasteiger charge is -2.33. The van der Waals surface area contributed by atoms with Crippen molar-refractivity contribution in [2.45, 2.75) is 32.6 Å². The van der Waals surface area contributed by atoms with E-state index in [2.05, 4.69) is 27.0 Å². The van der Waals surface area contributed by atoms with E-state index < -0.39 is 0 Å². The number of hydrogen-bond acceptors (Lipinski definition) is 6. The highest BCUT2D eigenvalue weighted by Crippen LogP contribution is 2.28. The number of oxazole rings is 1. The van der Waals surface area contributed by atoms with Gasteiger partial charge in [-0.3, -0.25) is 9.59 Å². The maximum absolute atomic E-state index is 13.2. The van der Waals surface area contributed by atoms with Gasteiger partial charge in [-0.25, -0.2) is 4.98 Å². The van der Waals surface area contributed by atoms with E-state index in [4.69, 9.17) is 4.42 Å². The van der Waals surface area contributed by atoms with Crippen LogP contribution in [0.5, 0.6) is 0 Å². The summed E-state index contributed by atoms with van der Waals surface area (Å²) in [6, 6.07) is 7.32. The first-order chi connectivity index (χ1) is 16.2. The van der Waals surface area contributed by atoms with Gasteiger partial charge in [0, 0.05) is 51.4 Å². The van der Waals surface area contributed by atoms with Gasteiger partial charge in [-0.05, 0) is 44.8 Å². The number of benzene rings is 1. The largest absolute Gasteiger partial charge is 0.443 e. The Labute approximate surface area is 195 Å². The third-order valence-corrected chi connectivity index (χ3v) is 6.68. The van der Waals surface area contributed by atoms with Crippen LogP contribution in [-0.4, -0.2) is 90.4 Å². The van der Waals surface area contributed by atoms with Gasteiger partial charge in [0.15, 0.2) is 17.8 Å². The average Bonchev–Trinajstić information content (AvgIpc) is 3.37. The first-order valence-corrected chi connectivity index (χ1v) is 12.2. The standard InChI is InChI=1S/C25H35N5O3/c1-2-28-15-17-29(18-16-28)12-8-11-26-24(31)22-23(33-19-27-22)20-9-4-5-10-21(20)25(32)30-13-6-3-7-14-30/h4-5,9-10,19H,2-3,6-8,11-18H2,1H3,(H,26,31). The molecular formula is C25H35N5O3. The molecule has 178 valence electrons. The molecule has 8 nitrogen and oxygen atoms in total. The molecule has 1 N–H and O–H groups in total. The molecule has 2 amide bonds. The SMILES string of the molecule is CCN1CCN(CCCNC(=O)c2ncoc2-c2ccccc2C(=O)N2CCCCC2)CC1. The van der Waals surface area contributed by atoms with Gasteiger partial charge in [0.1, 0.15) is 0 Å². The lowest BCUT2D eigenvalue weighted by Crippen LogP contribution is -2.46. The fourth-order valence-corrected chi connectivity index (χ4v) is 4.65. The van der Waals surface area contributed by atoms with Crippen molar-refractivity contribution in [3.63, 3.8) is 0 Å². The van der Waals surface area contributed by atoms with Crippen molar-refractivity contribution in [1.29, 1.82) is 0 Å². The summed E-state index contributed by atoms with van der Waals surface area (Å²) in [5.41, 5.74) is 1.39. The van der Waals surface area contributed by atoms with E-state index in [1.807, 2.05) is 23.1 Å². The number of rotatable bonds is 8. The average molecular weight is 454 g/mol. The van der Waals surface area contributed by atoms with E-state index >= 15 is 0 Å². The molecule has 8 heteroatoms. The van der Waals surface area contributed by atoms with E-state index in [0.717, 1.165) is 78.0 Å². The van der Waals surface area contributed by atoms with Gasteiger partial charge in [0.25, 0.3) is 11.8 Å². The summed E-state index contributed by atoms with van der Waals surface area (Å²) in [5, 5.41) is 2.97. The van der Waals surface area contributed by atoms with Gasteiger partial charge in [0.2, 0.25) is 0 Å². The topological polar surface area (TPSA) is 81.9 Å². The molecule has 2 saturated heterocycles. The highest BCUT2D eigenvalue weighted by atomic mass is 16.3. The van der Waals surface area contributed by atoms with Crippen molar-refractivity contribution in [3.05, 3.63) is 41.9 Å². The molecule has 0 bridgehead atoms. The maximum Gasteiger partial charge on any atom is 0.273 e. The maximum atomic E-state index is 13.2. The van der Waals surface area contributed by atoms with Crippen LogP contribution in [0.3, 0.4) is 0 Å². The summed E-state index contributed by atoms with van der Waals surface area (Å²) in [5.74, 6) is 0.0650. The van der Waals surface area contributed by atoms with E-state index in [1.165, 1.54) is 6.39 Å². The van der Waals surface area contributed by atoms with Crippen molar-refractivity contribution in [1.82, 2.24) is 25.0 Å². The normalized spacial score (nSPS) is 17.8. The Morgan fingerprint density at radius 3 is 2.48 bits per heavy atom. The molecule has 0 radical (unpaired) electrons. The molecule has 1 aromatic heterocycles. The molecule has 0 saturated carbocycles. The number of carbonyl (C=O) groups excluding carboxylic acids is 2. The smallest absolute Gasteiger partial charge is 0.273 e. The molecule has 4 rings (SSSR count). The number of nitrogens with zero attached hydrogens (tertiary/aromatic N) is 4. The Balaban J connectivity index is 1.36. The van der Waals surface area contributed by atoms with E-state index in [-0.39, 0.29) is 17.5 Å². The molecule has 2 aromatic rings. The van der Waals surface area contributed by atoms with Crippen LogP contribution >= 0.6 is 0 Å². The van der Waals surface area contributed by atoms with E-state index in [1.54, 1.807) is 6.07 Å². The minimum atomic E-state index is -0.269. The van der Waals surface area contributed by atoms with Crippen LogP contribution in [0.15, 0.2) is 35.1 Å². The summed E-state index contributed by atoms with van der Waals surface area (Å²) in [7, 11) is 0. The molecule has 1 aromatic carbocycles. The third-order valence-electron chi connectivity index (χ3n) is 6.68. The number of likely N-dealkylation sites (N-methyl/N-ethyl adjacent to an activating group) is 1. The van der Waals surface area contributed by atoms with Crippen LogP contribution in [-0.2, 0) is 0 Å². The number of nitrogens with one attached hydrogen (secondary N) is 1. The second kappa shape index (κ2) is 11.4. The molecule has 3 heterocycles. The second-order valence-electron chi connectivity index (χ2n) is 8.81. The Hall–Kier alpha value is -2.71. The molecule has 2 fully saturated rings. The van der Waals surface area contributed by atoms with Gasteiger partial charge in [0.05, 0.1) is 5.56 Å². The summed E-state index contributed by atoms with van der Waals surface area (Å²) in [6.07, 6.45) is 5.37. The first-order valence-electron chi connectivity index (χ1n) is 12.2. The fourth-order valence-electron chi connectivity index (χ4n) is 4.65.